The van der Waals surface area contributed by atoms with Crippen LogP contribution in [0.25, 0.3) is 0 Å². The van der Waals surface area contributed by atoms with Crippen molar-refractivity contribution >= 4 is 11.8 Å². The van der Waals surface area contributed by atoms with Crippen LogP contribution in [-0.4, -0.2) is 36.3 Å². The SMILES string of the molecule is COC1CCC(NC2CCCSC2C)C1. The van der Waals surface area contributed by atoms with Crippen molar-refractivity contribution in [1.29, 1.82) is 0 Å². The van der Waals surface area contributed by atoms with Crippen molar-refractivity contribution in [2.75, 3.05) is 12.9 Å². The fraction of sp³-hybridized carbons (Fsp3) is 1.00. The molecule has 15 heavy (non-hydrogen) atoms. The Bertz CT molecular complexity index is 200. The first-order valence-corrected chi connectivity index (χ1v) is 7.25. The summed E-state index contributed by atoms with van der Waals surface area (Å²) in [6, 6.07) is 1.45. The van der Waals surface area contributed by atoms with Crippen LogP contribution in [0.15, 0.2) is 0 Å². The van der Waals surface area contributed by atoms with Crippen LogP contribution in [0, 0.1) is 0 Å². The first-order chi connectivity index (χ1) is 7.29. The van der Waals surface area contributed by atoms with Crippen molar-refractivity contribution < 1.29 is 4.74 Å². The summed E-state index contributed by atoms with van der Waals surface area (Å²) in [6.07, 6.45) is 7.00. The molecule has 1 saturated heterocycles. The molecule has 0 amide bonds. The standard InChI is InChI=1S/C12H23NOS/c1-9-12(4-3-7-15-9)13-10-5-6-11(8-10)14-2/h9-13H,3-8H2,1-2H3. The zero-order valence-corrected chi connectivity index (χ0v) is 10.7. The number of nitrogens with one attached hydrogen (secondary N) is 1. The van der Waals surface area contributed by atoms with Crippen LogP contribution in [0.2, 0.25) is 0 Å². The third-order valence-electron chi connectivity index (χ3n) is 3.77. The smallest absolute Gasteiger partial charge is 0.0586 e. The van der Waals surface area contributed by atoms with Gasteiger partial charge in [0.2, 0.25) is 0 Å². The molecule has 3 heteroatoms. The Labute approximate surface area is 97.5 Å². The molecule has 0 radical (unpaired) electrons. The molecule has 2 rings (SSSR count). The van der Waals surface area contributed by atoms with Crippen LogP contribution < -0.4 is 5.32 Å². The monoisotopic (exact) mass is 229 g/mol. The lowest BCUT2D eigenvalue weighted by Crippen LogP contribution is -2.44. The van der Waals surface area contributed by atoms with E-state index in [2.05, 4.69) is 24.0 Å². The maximum absolute atomic E-state index is 5.41. The van der Waals surface area contributed by atoms with E-state index in [9.17, 15) is 0 Å². The van der Waals surface area contributed by atoms with Crippen LogP contribution in [0.4, 0.5) is 0 Å². The van der Waals surface area contributed by atoms with Gasteiger partial charge >= 0.3 is 0 Å². The van der Waals surface area contributed by atoms with E-state index in [1.807, 2.05) is 7.11 Å². The fourth-order valence-electron chi connectivity index (χ4n) is 2.75. The Morgan fingerprint density at radius 3 is 2.80 bits per heavy atom. The summed E-state index contributed by atoms with van der Waals surface area (Å²) in [5, 5.41) is 4.62. The quantitative estimate of drug-likeness (QED) is 0.803. The summed E-state index contributed by atoms with van der Waals surface area (Å²) in [5.74, 6) is 1.35. The highest BCUT2D eigenvalue weighted by atomic mass is 32.2. The van der Waals surface area contributed by atoms with Gasteiger partial charge in [-0.15, -0.1) is 0 Å². The third kappa shape index (κ3) is 3.11. The predicted octanol–water partition coefficient (Wildman–Crippen LogP) is 2.43. The Morgan fingerprint density at radius 1 is 1.27 bits per heavy atom. The molecule has 1 heterocycles. The maximum Gasteiger partial charge on any atom is 0.0586 e. The number of rotatable bonds is 3. The van der Waals surface area contributed by atoms with Crippen LogP contribution in [0.1, 0.15) is 39.0 Å². The zero-order chi connectivity index (χ0) is 10.7. The molecular weight excluding hydrogens is 206 g/mol. The summed E-state index contributed by atoms with van der Waals surface area (Å²) < 4.78 is 5.41. The highest BCUT2D eigenvalue weighted by Crippen LogP contribution is 2.28. The number of hydrogen-bond donors (Lipinski definition) is 1. The van der Waals surface area contributed by atoms with Crippen molar-refractivity contribution in [1.82, 2.24) is 5.32 Å². The second-order valence-electron chi connectivity index (χ2n) is 4.86. The van der Waals surface area contributed by atoms with Crippen molar-refractivity contribution in [3.8, 4) is 0 Å². The fourth-order valence-corrected chi connectivity index (χ4v) is 3.90. The topological polar surface area (TPSA) is 21.3 Å². The minimum absolute atomic E-state index is 0.508. The summed E-state index contributed by atoms with van der Waals surface area (Å²) in [5.41, 5.74) is 0. The summed E-state index contributed by atoms with van der Waals surface area (Å²) in [7, 11) is 1.84. The molecule has 1 aliphatic heterocycles. The summed E-state index contributed by atoms with van der Waals surface area (Å²) in [4.78, 5) is 0. The summed E-state index contributed by atoms with van der Waals surface area (Å²) >= 11 is 2.12. The number of thioether (sulfide) groups is 1. The minimum Gasteiger partial charge on any atom is -0.381 e. The van der Waals surface area contributed by atoms with E-state index in [1.165, 1.54) is 37.9 Å². The van der Waals surface area contributed by atoms with Gasteiger partial charge in [-0.1, -0.05) is 6.92 Å². The van der Waals surface area contributed by atoms with Gasteiger partial charge in [0.15, 0.2) is 0 Å². The molecule has 0 spiro atoms. The van der Waals surface area contributed by atoms with Gasteiger partial charge in [-0.3, -0.25) is 0 Å². The molecule has 0 aromatic heterocycles. The second-order valence-corrected chi connectivity index (χ2v) is 6.34. The average Bonchev–Trinajstić information content (AvgIpc) is 2.69. The van der Waals surface area contributed by atoms with E-state index < -0.39 is 0 Å². The molecule has 0 bridgehead atoms. The Hall–Kier alpha value is 0.270. The van der Waals surface area contributed by atoms with Crippen LogP contribution >= 0.6 is 11.8 Å². The number of hydrogen-bond acceptors (Lipinski definition) is 3. The first-order valence-electron chi connectivity index (χ1n) is 6.20. The lowest BCUT2D eigenvalue weighted by Gasteiger charge is -2.31. The van der Waals surface area contributed by atoms with Gasteiger partial charge in [-0.25, -0.2) is 0 Å². The van der Waals surface area contributed by atoms with Crippen molar-refractivity contribution in [2.24, 2.45) is 0 Å². The zero-order valence-electron chi connectivity index (χ0n) is 9.87. The molecular formula is C12H23NOS. The van der Waals surface area contributed by atoms with Crippen molar-refractivity contribution in [3.63, 3.8) is 0 Å². The lowest BCUT2D eigenvalue weighted by molar-refractivity contribution is 0.106. The van der Waals surface area contributed by atoms with Gasteiger partial charge in [0.1, 0.15) is 0 Å². The van der Waals surface area contributed by atoms with E-state index >= 15 is 0 Å². The third-order valence-corrected chi connectivity index (χ3v) is 5.15. The Morgan fingerprint density at radius 2 is 2.13 bits per heavy atom. The molecule has 1 saturated carbocycles. The van der Waals surface area contributed by atoms with Crippen LogP contribution in [0.5, 0.6) is 0 Å². The van der Waals surface area contributed by atoms with Crippen LogP contribution in [-0.2, 0) is 4.74 Å². The lowest BCUT2D eigenvalue weighted by atomic mass is 10.1. The molecule has 2 aliphatic rings. The Kier molecular flexibility index (Phi) is 4.35. The molecule has 88 valence electrons. The number of ether oxygens (including phenoxy) is 1. The molecule has 0 aromatic carbocycles. The molecule has 0 aromatic rings. The van der Waals surface area contributed by atoms with Gasteiger partial charge in [-0.2, -0.15) is 11.8 Å². The van der Waals surface area contributed by atoms with E-state index in [4.69, 9.17) is 4.74 Å². The average molecular weight is 229 g/mol. The minimum atomic E-state index is 0.508. The first kappa shape index (κ1) is 11.7. The molecule has 1 N–H and O–H groups in total. The molecule has 2 fully saturated rings. The predicted molar refractivity (Wildman–Crippen MR) is 66.5 cm³/mol. The molecule has 4 atom stereocenters. The van der Waals surface area contributed by atoms with Gasteiger partial charge in [0.25, 0.3) is 0 Å². The normalized spacial score (nSPS) is 42.0. The molecule has 1 aliphatic carbocycles. The van der Waals surface area contributed by atoms with Crippen LogP contribution in [0.3, 0.4) is 0 Å². The van der Waals surface area contributed by atoms with Crippen molar-refractivity contribution in [3.05, 3.63) is 0 Å². The van der Waals surface area contributed by atoms with E-state index in [-0.39, 0.29) is 0 Å². The highest BCUT2D eigenvalue weighted by molar-refractivity contribution is 7.99. The van der Waals surface area contributed by atoms with Crippen molar-refractivity contribution in [2.45, 2.75) is 62.5 Å². The molecule has 2 nitrogen and oxygen atoms in total. The van der Waals surface area contributed by atoms with E-state index in [0.29, 0.717) is 12.1 Å². The Balaban J connectivity index is 1.76. The second kappa shape index (κ2) is 5.55. The van der Waals surface area contributed by atoms with Gasteiger partial charge in [0.05, 0.1) is 6.10 Å². The molecule has 4 unspecified atom stereocenters. The largest absolute Gasteiger partial charge is 0.381 e. The van der Waals surface area contributed by atoms with Gasteiger partial charge in [0, 0.05) is 24.4 Å². The van der Waals surface area contributed by atoms with E-state index in [1.54, 1.807) is 0 Å². The number of methoxy groups -OCH3 is 1. The van der Waals surface area contributed by atoms with Gasteiger partial charge in [-0.05, 0) is 37.9 Å². The maximum atomic E-state index is 5.41. The van der Waals surface area contributed by atoms with E-state index in [0.717, 1.165) is 11.3 Å². The summed E-state index contributed by atoms with van der Waals surface area (Å²) in [6.45, 7) is 2.37. The van der Waals surface area contributed by atoms with Gasteiger partial charge < -0.3 is 10.1 Å². The highest BCUT2D eigenvalue weighted by Gasteiger charge is 2.29.